The Hall–Kier alpha value is -0.820. The molecule has 1 nitrogen and oxygen atoms in total. The Balaban J connectivity index is 1.76. The van der Waals surface area contributed by atoms with E-state index in [2.05, 4.69) is 37.3 Å². The molecule has 0 saturated heterocycles. The molecule has 5 atom stereocenters. The van der Waals surface area contributed by atoms with E-state index in [-0.39, 0.29) is 5.54 Å². The predicted molar refractivity (Wildman–Crippen MR) is 79.6 cm³/mol. The van der Waals surface area contributed by atoms with Crippen LogP contribution in [0, 0.1) is 23.2 Å². The monoisotopic (exact) mass is 255 g/mol. The van der Waals surface area contributed by atoms with E-state index in [1.807, 2.05) is 0 Å². The number of hydrogen-bond acceptors (Lipinski definition) is 1. The van der Waals surface area contributed by atoms with Gasteiger partial charge >= 0.3 is 0 Å². The molecule has 1 heteroatoms. The minimum absolute atomic E-state index is 0.0713. The standard InChI is InChI=1S/C18H25N/c1-17-10-4-6-15(17)14-8-7-13-5-2-3-11-18(13,19)16(14)9-12-17/h2-3,5,7-8,14-16H,4,6,9-12,19H2,1H3/t14-,15-,16-,17-,18?/m0/s1. The fourth-order valence-electron chi connectivity index (χ4n) is 5.55. The van der Waals surface area contributed by atoms with Crippen molar-refractivity contribution >= 4 is 0 Å². The third-order valence-electron chi connectivity index (χ3n) is 6.68. The first-order chi connectivity index (χ1) is 9.13. The van der Waals surface area contributed by atoms with Gasteiger partial charge in [-0.2, -0.15) is 0 Å². The van der Waals surface area contributed by atoms with Crippen LogP contribution in [0.15, 0.2) is 36.0 Å². The van der Waals surface area contributed by atoms with Gasteiger partial charge in [0, 0.05) is 5.54 Å². The predicted octanol–water partition coefficient (Wildman–Crippen LogP) is 3.97. The fraction of sp³-hybridized carbons (Fsp3) is 0.667. The molecule has 2 fully saturated rings. The smallest absolute Gasteiger partial charge is 0.0478 e. The van der Waals surface area contributed by atoms with Crippen LogP contribution in [-0.4, -0.2) is 5.54 Å². The van der Waals surface area contributed by atoms with Crippen LogP contribution in [0.1, 0.15) is 45.4 Å². The molecule has 102 valence electrons. The maximum Gasteiger partial charge on any atom is 0.0478 e. The normalized spacial score (nSPS) is 51.3. The Bertz CT molecular complexity index is 486. The van der Waals surface area contributed by atoms with E-state index in [9.17, 15) is 0 Å². The average Bonchev–Trinajstić information content (AvgIpc) is 2.79. The number of allylic oxidation sites excluding steroid dienone is 3. The maximum atomic E-state index is 6.87. The lowest BCUT2D eigenvalue weighted by molar-refractivity contribution is 0.0335. The highest BCUT2D eigenvalue weighted by atomic mass is 14.8. The van der Waals surface area contributed by atoms with Crippen molar-refractivity contribution in [1.29, 1.82) is 0 Å². The van der Waals surface area contributed by atoms with E-state index in [0.717, 1.165) is 18.3 Å². The Morgan fingerprint density at radius 3 is 3.00 bits per heavy atom. The molecule has 0 spiro atoms. The molecule has 0 aliphatic heterocycles. The minimum Gasteiger partial charge on any atom is -0.321 e. The molecular weight excluding hydrogens is 230 g/mol. The first-order valence-electron chi connectivity index (χ1n) is 7.98. The van der Waals surface area contributed by atoms with E-state index in [0.29, 0.717) is 11.3 Å². The zero-order valence-electron chi connectivity index (χ0n) is 11.9. The second kappa shape index (κ2) is 3.85. The molecule has 4 rings (SSSR count). The summed E-state index contributed by atoms with van der Waals surface area (Å²) in [6.45, 7) is 2.53. The molecule has 2 saturated carbocycles. The molecule has 0 aromatic rings. The summed E-state index contributed by atoms with van der Waals surface area (Å²) in [4.78, 5) is 0. The van der Waals surface area contributed by atoms with E-state index in [1.165, 1.54) is 37.7 Å². The summed E-state index contributed by atoms with van der Waals surface area (Å²) in [6.07, 6.45) is 19.6. The van der Waals surface area contributed by atoms with Crippen molar-refractivity contribution in [3.05, 3.63) is 36.0 Å². The van der Waals surface area contributed by atoms with Crippen LogP contribution < -0.4 is 5.73 Å². The molecule has 4 aliphatic carbocycles. The Morgan fingerprint density at radius 1 is 1.21 bits per heavy atom. The summed E-state index contributed by atoms with van der Waals surface area (Å²) < 4.78 is 0. The zero-order chi connectivity index (χ0) is 13.1. The minimum atomic E-state index is -0.0713. The van der Waals surface area contributed by atoms with Crippen LogP contribution in [0.3, 0.4) is 0 Å². The second-order valence-electron chi connectivity index (χ2n) is 7.53. The number of fused-ring (bicyclic) bond motifs is 5. The third kappa shape index (κ3) is 1.51. The van der Waals surface area contributed by atoms with E-state index < -0.39 is 0 Å². The van der Waals surface area contributed by atoms with Gasteiger partial charge in [0.2, 0.25) is 0 Å². The Labute approximate surface area is 116 Å². The van der Waals surface area contributed by atoms with E-state index >= 15 is 0 Å². The molecule has 0 aromatic heterocycles. The summed E-state index contributed by atoms with van der Waals surface area (Å²) in [5, 5.41) is 0. The third-order valence-corrected chi connectivity index (χ3v) is 6.68. The number of rotatable bonds is 0. The Morgan fingerprint density at radius 2 is 2.11 bits per heavy atom. The van der Waals surface area contributed by atoms with Gasteiger partial charge in [-0.25, -0.2) is 0 Å². The molecule has 0 aromatic carbocycles. The molecule has 19 heavy (non-hydrogen) atoms. The SMILES string of the molecule is C[C@@]12CCC[C@H]1[C@@H]1C=CC3=CC=CCC3(N)[C@H]1CC2. The number of nitrogens with two attached hydrogens (primary N) is 1. The topological polar surface area (TPSA) is 26.0 Å². The first kappa shape index (κ1) is 12.0. The van der Waals surface area contributed by atoms with Crippen molar-refractivity contribution in [3.63, 3.8) is 0 Å². The van der Waals surface area contributed by atoms with Gasteiger partial charge in [-0.15, -0.1) is 0 Å². The van der Waals surface area contributed by atoms with Crippen LogP contribution in [0.2, 0.25) is 0 Å². The quantitative estimate of drug-likeness (QED) is 0.696. The molecule has 0 bridgehead atoms. The Kier molecular flexibility index (Phi) is 2.42. The van der Waals surface area contributed by atoms with Crippen LogP contribution in [0.5, 0.6) is 0 Å². The highest BCUT2D eigenvalue weighted by molar-refractivity contribution is 5.43. The van der Waals surface area contributed by atoms with Gasteiger partial charge in [-0.3, -0.25) is 0 Å². The highest BCUT2D eigenvalue weighted by Gasteiger charge is 2.54. The van der Waals surface area contributed by atoms with Gasteiger partial charge in [0.05, 0.1) is 0 Å². The molecular formula is C18H25N. The summed E-state index contributed by atoms with van der Waals surface area (Å²) in [6, 6.07) is 0. The largest absolute Gasteiger partial charge is 0.321 e. The van der Waals surface area contributed by atoms with Crippen molar-refractivity contribution < 1.29 is 0 Å². The fourth-order valence-corrected chi connectivity index (χ4v) is 5.55. The molecule has 0 radical (unpaired) electrons. The van der Waals surface area contributed by atoms with Crippen molar-refractivity contribution in [3.8, 4) is 0 Å². The summed E-state index contributed by atoms with van der Waals surface area (Å²) in [5.74, 6) is 2.29. The van der Waals surface area contributed by atoms with E-state index in [1.54, 1.807) is 0 Å². The summed E-state index contributed by atoms with van der Waals surface area (Å²) in [5.41, 5.74) is 8.78. The van der Waals surface area contributed by atoms with Gasteiger partial charge in [0.25, 0.3) is 0 Å². The lowest BCUT2D eigenvalue weighted by Gasteiger charge is -2.54. The first-order valence-corrected chi connectivity index (χ1v) is 7.98. The van der Waals surface area contributed by atoms with Gasteiger partial charge < -0.3 is 5.73 Å². The average molecular weight is 255 g/mol. The summed E-state index contributed by atoms with van der Waals surface area (Å²) >= 11 is 0. The highest BCUT2D eigenvalue weighted by Crippen LogP contribution is 2.60. The lowest BCUT2D eigenvalue weighted by Crippen LogP contribution is -2.57. The number of hydrogen-bond donors (Lipinski definition) is 1. The van der Waals surface area contributed by atoms with Crippen molar-refractivity contribution in [2.45, 2.75) is 51.0 Å². The maximum absolute atomic E-state index is 6.87. The van der Waals surface area contributed by atoms with Crippen LogP contribution in [0.4, 0.5) is 0 Å². The van der Waals surface area contributed by atoms with Gasteiger partial charge in [0.15, 0.2) is 0 Å². The lowest BCUT2D eigenvalue weighted by atomic mass is 9.52. The molecule has 0 amide bonds. The van der Waals surface area contributed by atoms with Gasteiger partial charge in [-0.1, -0.05) is 43.7 Å². The zero-order valence-corrected chi connectivity index (χ0v) is 11.9. The summed E-state index contributed by atoms with van der Waals surface area (Å²) in [7, 11) is 0. The van der Waals surface area contributed by atoms with Crippen molar-refractivity contribution in [2.24, 2.45) is 28.9 Å². The molecule has 1 unspecified atom stereocenters. The van der Waals surface area contributed by atoms with Crippen LogP contribution in [-0.2, 0) is 0 Å². The van der Waals surface area contributed by atoms with E-state index in [4.69, 9.17) is 5.73 Å². The van der Waals surface area contributed by atoms with Gasteiger partial charge in [0.1, 0.15) is 0 Å². The van der Waals surface area contributed by atoms with Crippen LogP contribution >= 0.6 is 0 Å². The molecule has 4 aliphatic rings. The van der Waals surface area contributed by atoms with Crippen molar-refractivity contribution in [1.82, 2.24) is 0 Å². The molecule has 2 N–H and O–H groups in total. The molecule has 0 heterocycles. The van der Waals surface area contributed by atoms with Crippen LogP contribution in [0.25, 0.3) is 0 Å². The van der Waals surface area contributed by atoms with Gasteiger partial charge in [-0.05, 0) is 60.8 Å². The second-order valence-corrected chi connectivity index (χ2v) is 7.53. The van der Waals surface area contributed by atoms with Crippen molar-refractivity contribution in [2.75, 3.05) is 0 Å².